The summed E-state index contributed by atoms with van der Waals surface area (Å²) in [5, 5.41) is 2.96. The Morgan fingerprint density at radius 2 is 2.15 bits per heavy atom. The van der Waals surface area contributed by atoms with Crippen LogP contribution in [0.3, 0.4) is 0 Å². The average Bonchev–Trinajstić information content (AvgIpc) is 3.32. The van der Waals surface area contributed by atoms with Crippen molar-refractivity contribution in [1.29, 1.82) is 0 Å². The average molecular weight is 366 g/mol. The largest absolute Gasteiger partial charge is 0.341 e. The van der Waals surface area contributed by atoms with Crippen LogP contribution in [0.4, 0.5) is 0 Å². The summed E-state index contributed by atoms with van der Waals surface area (Å²) in [6.45, 7) is 2.98. The fourth-order valence-corrected chi connectivity index (χ4v) is 4.44. The Morgan fingerprint density at radius 1 is 1.31 bits per heavy atom. The number of likely N-dealkylation sites (tertiary alicyclic amines) is 1. The molecule has 1 aliphatic rings. The van der Waals surface area contributed by atoms with Gasteiger partial charge in [0.1, 0.15) is 0 Å². The van der Waals surface area contributed by atoms with E-state index in [1.54, 1.807) is 11.3 Å². The third-order valence-corrected chi connectivity index (χ3v) is 5.98. The van der Waals surface area contributed by atoms with Gasteiger partial charge in [0.2, 0.25) is 0 Å². The normalized spacial score (nSPS) is 17.7. The molecular formula is C21H23N3OS. The van der Waals surface area contributed by atoms with Crippen molar-refractivity contribution >= 4 is 28.1 Å². The number of amides is 1. The number of aromatic nitrogens is 1. The Morgan fingerprint density at radius 3 is 2.88 bits per heavy atom. The zero-order chi connectivity index (χ0) is 18.1. The number of benzene rings is 1. The Hall–Kier alpha value is -2.24. The van der Waals surface area contributed by atoms with Gasteiger partial charge in [-0.05, 0) is 49.5 Å². The molecule has 1 fully saturated rings. The highest BCUT2D eigenvalue weighted by Crippen LogP contribution is 2.28. The molecule has 5 heteroatoms. The van der Waals surface area contributed by atoms with Crippen LogP contribution in [0.15, 0.2) is 47.8 Å². The van der Waals surface area contributed by atoms with E-state index in [0.29, 0.717) is 5.92 Å². The zero-order valence-corrected chi connectivity index (χ0v) is 16.0. The Balaban J connectivity index is 1.68. The maximum atomic E-state index is 13.2. The van der Waals surface area contributed by atoms with Crippen LogP contribution < -0.4 is 0 Å². The van der Waals surface area contributed by atoms with E-state index in [-0.39, 0.29) is 5.91 Å². The molecule has 1 aromatic carbocycles. The maximum Gasteiger partial charge on any atom is 0.254 e. The van der Waals surface area contributed by atoms with Crippen molar-refractivity contribution in [2.24, 2.45) is 5.92 Å². The molecule has 1 unspecified atom stereocenters. The first-order chi connectivity index (χ1) is 12.6. The fourth-order valence-electron chi connectivity index (χ4n) is 3.75. The lowest BCUT2D eigenvalue weighted by atomic mass is 10.0. The third kappa shape index (κ3) is 3.37. The van der Waals surface area contributed by atoms with Gasteiger partial charge in [-0.15, -0.1) is 11.3 Å². The molecule has 26 heavy (non-hydrogen) atoms. The second-order valence-electron chi connectivity index (χ2n) is 7.15. The molecule has 1 amide bonds. The molecule has 2 aromatic heterocycles. The molecule has 0 spiro atoms. The van der Waals surface area contributed by atoms with E-state index in [1.807, 2.05) is 59.8 Å². The summed E-state index contributed by atoms with van der Waals surface area (Å²) in [5.41, 5.74) is 2.49. The number of carbonyl (C=O) groups excluding carboxylic acids is 1. The van der Waals surface area contributed by atoms with Gasteiger partial charge in [-0.25, -0.2) is 4.98 Å². The van der Waals surface area contributed by atoms with Crippen molar-refractivity contribution in [1.82, 2.24) is 14.8 Å². The zero-order valence-electron chi connectivity index (χ0n) is 15.2. The molecule has 4 nitrogen and oxygen atoms in total. The van der Waals surface area contributed by atoms with Crippen LogP contribution in [0, 0.1) is 5.92 Å². The minimum Gasteiger partial charge on any atom is -0.341 e. The van der Waals surface area contributed by atoms with Crippen LogP contribution in [-0.2, 0) is 0 Å². The molecule has 0 saturated carbocycles. The molecular weight excluding hydrogens is 342 g/mol. The van der Waals surface area contributed by atoms with Crippen molar-refractivity contribution in [3.05, 3.63) is 53.4 Å². The molecule has 134 valence electrons. The summed E-state index contributed by atoms with van der Waals surface area (Å²) >= 11 is 1.65. The second kappa shape index (κ2) is 7.17. The van der Waals surface area contributed by atoms with Crippen LogP contribution in [0.25, 0.3) is 21.5 Å². The minimum atomic E-state index is 0.0796. The number of hydrogen-bond donors (Lipinski definition) is 0. The van der Waals surface area contributed by atoms with Crippen molar-refractivity contribution in [2.75, 3.05) is 33.7 Å². The Kier molecular flexibility index (Phi) is 4.74. The lowest BCUT2D eigenvalue weighted by molar-refractivity contribution is 0.0776. The van der Waals surface area contributed by atoms with Gasteiger partial charge >= 0.3 is 0 Å². The van der Waals surface area contributed by atoms with Crippen LogP contribution in [-0.4, -0.2) is 54.4 Å². The van der Waals surface area contributed by atoms with Gasteiger partial charge in [0.15, 0.2) is 0 Å². The Labute approximate surface area is 158 Å². The molecule has 1 aliphatic heterocycles. The van der Waals surface area contributed by atoms with Crippen LogP contribution in [0.1, 0.15) is 16.8 Å². The number of rotatable bonds is 4. The predicted molar refractivity (Wildman–Crippen MR) is 108 cm³/mol. The van der Waals surface area contributed by atoms with E-state index < -0.39 is 0 Å². The van der Waals surface area contributed by atoms with Crippen LogP contribution in [0.2, 0.25) is 0 Å². The molecule has 0 N–H and O–H groups in total. The van der Waals surface area contributed by atoms with Gasteiger partial charge in [-0.2, -0.15) is 0 Å². The SMILES string of the molecule is CN1CCC(CN(C)C(=O)c2cc(-c3cccs3)nc3ccccc23)C1. The number of para-hydroxylation sites is 1. The van der Waals surface area contributed by atoms with Crippen molar-refractivity contribution in [2.45, 2.75) is 6.42 Å². The summed E-state index contributed by atoms with van der Waals surface area (Å²) in [4.78, 5) is 23.3. The highest BCUT2D eigenvalue weighted by molar-refractivity contribution is 7.13. The molecule has 0 bridgehead atoms. The number of pyridine rings is 1. The molecule has 1 saturated heterocycles. The van der Waals surface area contributed by atoms with Gasteiger partial charge in [-0.1, -0.05) is 24.3 Å². The maximum absolute atomic E-state index is 13.2. The van der Waals surface area contributed by atoms with Crippen molar-refractivity contribution < 1.29 is 4.79 Å². The molecule has 0 aliphatic carbocycles. The molecule has 3 heterocycles. The number of nitrogens with zero attached hydrogens (tertiary/aromatic N) is 3. The summed E-state index contributed by atoms with van der Waals surface area (Å²) in [7, 11) is 4.06. The number of carbonyl (C=O) groups is 1. The molecule has 4 rings (SSSR count). The van der Waals surface area contributed by atoms with Crippen molar-refractivity contribution in [3.8, 4) is 10.6 Å². The van der Waals surface area contributed by atoms with E-state index in [9.17, 15) is 4.79 Å². The van der Waals surface area contributed by atoms with E-state index in [1.165, 1.54) is 0 Å². The fraction of sp³-hybridized carbons (Fsp3) is 0.333. The van der Waals surface area contributed by atoms with Gasteiger partial charge in [-0.3, -0.25) is 4.79 Å². The van der Waals surface area contributed by atoms with E-state index in [4.69, 9.17) is 4.98 Å². The van der Waals surface area contributed by atoms with Gasteiger partial charge in [0.25, 0.3) is 5.91 Å². The van der Waals surface area contributed by atoms with Gasteiger partial charge in [0, 0.05) is 25.5 Å². The van der Waals surface area contributed by atoms with E-state index >= 15 is 0 Å². The van der Waals surface area contributed by atoms with E-state index in [0.717, 1.165) is 53.1 Å². The van der Waals surface area contributed by atoms with Gasteiger partial charge < -0.3 is 9.80 Å². The van der Waals surface area contributed by atoms with Crippen molar-refractivity contribution in [3.63, 3.8) is 0 Å². The summed E-state index contributed by atoms with van der Waals surface area (Å²) in [6, 6.07) is 13.9. The first-order valence-electron chi connectivity index (χ1n) is 8.99. The molecule has 0 radical (unpaired) electrons. The lowest BCUT2D eigenvalue weighted by Crippen LogP contribution is -2.33. The predicted octanol–water partition coefficient (Wildman–Crippen LogP) is 3.99. The Bertz CT molecular complexity index is 922. The first-order valence-corrected chi connectivity index (χ1v) is 9.87. The highest BCUT2D eigenvalue weighted by Gasteiger charge is 2.24. The monoisotopic (exact) mass is 365 g/mol. The standard InChI is InChI=1S/C21H23N3OS/c1-23-10-9-15(13-23)14-24(2)21(25)17-12-19(20-8-5-11-26-20)22-18-7-4-3-6-16(17)18/h3-8,11-12,15H,9-10,13-14H2,1-2H3. The van der Waals surface area contributed by atoms with Crippen LogP contribution in [0.5, 0.6) is 0 Å². The highest BCUT2D eigenvalue weighted by atomic mass is 32.1. The number of hydrogen-bond acceptors (Lipinski definition) is 4. The molecule has 1 atom stereocenters. The van der Waals surface area contributed by atoms with Gasteiger partial charge in [0.05, 0.1) is 21.7 Å². The van der Waals surface area contributed by atoms with Crippen LogP contribution >= 0.6 is 11.3 Å². The lowest BCUT2D eigenvalue weighted by Gasteiger charge is -2.22. The smallest absolute Gasteiger partial charge is 0.254 e. The summed E-state index contributed by atoms with van der Waals surface area (Å²) < 4.78 is 0. The minimum absolute atomic E-state index is 0.0796. The number of fused-ring (bicyclic) bond motifs is 1. The van der Waals surface area contributed by atoms with E-state index in [2.05, 4.69) is 11.9 Å². The summed E-state index contributed by atoms with van der Waals surface area (Å²) in [6.07, 6.45) is 1.16. The second-order valence-corrected chi connectivity index (χ2v) is 8.10. The number of thiophene rings is 1. The quantitative estimate of drug-likeness (QED) is 0.701. The molecule has 3 aromatic rings. The first kappa shape index (κ1) is 17.2. The third-order valence-electron chi connectivity index (χ3n) is 5.09. The topological polar surface area (TPSA) is 36.4 Å². The summed E-state index contributed by atoms with van der Waals surface area (Å²) in [5.74, 6) is 0.634.